The van der Waals surface area contributed by atoms with Gasteiger partial charge in [0.05, 0.1) is 6.10 Å². The average Bonchev–Trinajstić information content (AvgIpc) is 2.92. The molecule has 0 radical (unpaired) electrons. The number of aliphatic hydroxyl groups excluding tert-OH is 1. The van der Waals surface area contributed by atoms with Crippen LogP contribution >= 0.6 is 34.9 Å². The number of aromatic nitrogens is 2. The lowest BCUT2D eigenvalue weighted by Gasteiger charge is -2.10. The molecule has 0 saturated carbocycles. The number of ether oxygens (including phenoxy) is 1. The normalized spacial score (nSPS) is 12.3. The molecule has 7 heteroatoms. The molecular formula is C12H14N2O2S3. The number of aliphatic hydroxyl groups is 1. The quantitative estimate of drug-likeness (QED) is 0.793. The highest BCUT2D eigenvalue weighted by Crippen LogP contribution is 2.27. The van der Waals surface area contributed by atoms with Gasteiger partial charge in [-0.3, -0.25) is 0 Å². The zero-order valence-electron chi connectivity index (χ0n) is 10.4. The molecule has 19 heavy (non-hydrogen) atoms. The van der Waals surface area contributed by atoms with Gasteiger partial charge >= 0.3 is 0 Å². The summed E-state index contributed by atoms with van der Waals surface area (Å²) in [5.74, 6) is 1.32. The molecule has 102 valence electrons. The van der Waals surface area contributed by atoms with Gasteiger partial charge in [0, 0.05) is 5.75 Å². The van der Waals surface area contributed by atoms with Crippen LogP contribution in [0.3, 0.4) is 0 Å². The van der Waals surface area contributed by atoms with Gasteiger partial charge in [-0.1, -0.05) is 53.1 Å². The van der Waals surface area contributed by atoms with E-state index >= 15 is 0 Å². The number of rotatable bonds is 7. The summed E-state index contributed by atoms with van der Waals surface area (Å²) in [4.78, 5) is 0. The first kappa shape index (κ1) is 14.6. The highest BCUT2D eigenvalue weighted by molar-refractivity contribution is 8.02. The molecule has 4 nitrogen and oxygen atoms in total. The van der Waals surface area contributed by atoms with Crippen molar-refractivity contribution in [2.75, 3.05) is 18.6 Å². The highest BCUT2D eigenvalue weighted by Gasteiger charge is 2.09. The number of nitrogens with zero attached hydrogens (tertiary/aromatic N) is 2. The fourth-order valence-electron chi connectivity index (χ4n) is 1.26. The first-order valence-corrected chi connectivity index (χ1v) is 8.67. The second kappa shape index (κ2) is 7.74. The first-order valence-electron chi connectivity index (χ1n) is 5.64. The van der Waals surface area contributed by atoms with E-state index in [1.54, 1.807) is 23.1 Å². The number of benzene rings is 1. The van der Waals surface area contributed by atoms with Crippen LogP contribution in [0.1, 0.15) is 0 Å². The second-order valence-electron chi connectivity index (χ2n) is 3.63. The Labute approximate surface area is 124 Å². The van der Waals surface area contributed by atoms with E-state index in [0.717, 1.165) is 14.4 Å². The van der Waals surface area contributed by atoms with E-state index in [2.05, 4.69) is 10.2 Å². The van der Waals surface area contributed by atoms with Gasteiger partial charge in [0.1, 0.15) is 12.4 Å². The van der Waals surface area contributed by atoms with Crippen molar-refractivity contribution < 1.29 is 9.84 Å². The van der Waals surface area contributed by atoms with Crippen LogP contribution in [0.5, 0.6) is 5.75 Å². The largest absolute Gasteiger partial charge is 0.491 e. The van der Waals surface area contributed by atoms with Gasteiger partial charge in [-0.25, -0.2) is 0 Å². The van der Waals surface area contributed by atoms with Crippen molar-refractivity contribution in [3.63, 3.8) is 0 Å². The van der Waals surface area contributed by atoms with Crippen molar-refractivity contribution in [1.29, 1.82) is 0 Å². The SMILES string of the molecule is CSc1nnc(SCC(O)COc2ccccc2)s1. The molecule has 0 amide bonds. The van der Waals surface area contributed by atoms with Crippen molar-refractivity contribution in [3.8, 4) is 5.75 Å². The van der Waals surface area contributed by atoms with Crippen LogP contribution in [0, 0.1) is 0 Å². The lowest BCUT2D eigenvalue weighted by atomic mass is 10.3. The Kier molecular flexibility index (Phi) is 5.96. The molecule has 0 aliphatic carbocycles. The van der Waals surface area contributed by atoms with Gasteiger partial charge < -0.3 is 9.84 Å². The smallest absolute Gasteiger partial charge is 0.175 e. The van der Waals surface area contributed by atoms with Gasteiger partial charge in [-0.15, -0.1) is 10.2 Å². The molecule has 1 unspecified atom stereocenters. The Morgan fingerprint density at radius 2 is 2.00 bits per heavy atom. The topological polar surface area (TPSA) is 55.2 Å². The van der Waals surface area contributed by atoms with Gasteiger partial charge in [-0.05, 0) is 18.4 Å². The van der Waals surface area contributed by atoms with E-state index in [1.807, 2.05) is 36.6 Å². The van der Waals surface area contributed by atoms with E-state index in [-0.39, 0.29) is 6.61 Å². The molecule has 1 aromatic carbocycles. The highest BCUT2D eigenvalue weighted by atomic mass is 32.2. The Hall–Kier alpha value is -0.760. The van der Waals surface area contributed by atoms with Gasteiger partial charge in [0.25, 0.3) is 0 Å². The summed E-state index contributed by atoms with van der Waals surface area (Å²) in [6.45, 7) is 0.283. The summed E-state index contributed by atoms with van der Waals surface area (Å²) in [6, 6.07) is 9.48. The monoisotopic (exact) mass is 314 g/mol. The van der Waals surface area contributed by atoms with Crippen LogP contribution in [0.4, 0.5) is 0 Å². The molecule has 1 atom stereocenters. The van der Waals surface area contributed by atoms with Crippen LogP contribution < -0.4 is 4.74 Å². The zero-order chi connectivity index (χ0) is 13.5. The predicted octanol–water partition coefficient (Wildman–Crippen LogP) is 2.79. The second-order valence-corrected chi connectivity index (χ2v) is 6.92. The Morgan fingerprint density at radius 3 is 2.68 bits per heavy atom. The number of hydrogen-bond donors (Lipinski definition) is 1. The van der Waals surface area contributed by atoms with Gasteiger partial charge in [0.15, 0.2) is 8.68 Å². The number of para-hydroxylation sites is 1. The maximum absolute atomic E-state index is 9.84. The summed E-state index contributed by atoms with van der Waals surface area (Å²) in [6.07, 6.45) is 1.45. The van der Waals surface area contributed by atoms with Crippen LogP contribution in [0.15, 0.2) is 39.0 Å². The minimum absolute atomic E-state index is 0.283. The van der Waals surface area contributed by atoms with E-state index in [1.165, 1.54) is 11.8 Å². The molecule has 0 fully saturated rings. The molecular weight excluding hydrogens is 300 g/mol. The molecule has 0 saturated heterocycles. The summed E-state index contributed by atoms with van der Waals surface area (Å²) in [5.41, 5.74) is 0. The maximum Gasteiger partial charge on any atom is 0.175 e. The fraction of sp³-hybridized carbons (Fsp3) is 0.333. The predicted molar refractivity (Wildman–Crippen MR) is 80.4 cm³/mol. The van der Waals surface area contributed by atoms with Gasteiger partial charge in [-0.2, -0.15) is 0 Å². The van der Waals surface area contributed by atoms with Crippen LogP contribution in [0.25, 0.3) is 0 Å². The van der Waals surface area contributed by atoms with Crippen LogP contribution in [-0.2, 0) is 0 Å². The molecule has 1 heterocycles. The first-order chi connectivity index (χ1) is 9.28. The summed E-state index contributed by atoms with van der Waals surface area (Å²) >= 11 is 4.62. The molecule has 0 aliphatic heterocycles. The van der Waals surface area contributed by atoms with E-state index < -0.39 is 6.10 Å². The molecule has 1 N–H and O–H groups in total. The third-order valence-corrected chi connectivity index (χ3v) is 5.32. The molecule has 1 aromatic heterocycles. The van der Waals surface area contributed by atoms with E-state index in [0.29, 0.717) is 5.75 Å². The van der Waals surface area contributed by atoms with Crippen LogP contribution in [-0.4, -0.2) is 40.0 Å². The molecule has 2 rings (SSSR count). The van der Waals surface area contributed by atoms with E-state index in [9.17, 15) is 5.11 Å². The molecule has 0 aliphatic rings. The lowest BCUT2D eigenvalue weighted by Crippen LogP contribution is -2.19. The van der Waals surface area contributed by atoms with Crippen LogP contribution in [0.2, 0.25) is 0 Å². The molecule has 0 bridgehead atoms. The fourth-order valence-corrected chi connectivity index (χ4v) is 3.63. The minimum Gasteiger partial charge on any atom is -0.491 e. The summed E-state index contributed by atoms with van der Waals surface area (Å²) in [5, 5.41) is 17.9. The minimum atomic E-state index is -0.521. The molecule has 2 aromatic rings. The number of thioether (sulfide) groups is 2. The van der Waals surface area contributed by atoms with Crippen molar-refractivity contribution >= 4 is 34.9 Å². The lowest BCUT2D eigenvalue weighted by molar-refractivity contribution is 0.126. The zero-order valence-corrected chi connectivity index (χ0v) is 12.8. The van der Waals surface area contributed by atoms with Gasteiger partial charge in [0.2, 0.25) is 0 Å². The van der Waals surface area contributed by atoms with Crippen molar-refractivity contribution in [3.05, 3.63) is 30.3 Å². The molecule has 0 spiro atoms. The maximum atomic E-state index is 9.84. The Balaban J connectivity index is 1.71. The van der Waals surface area contributed by atoms with E-state index in [4.69, 9.17) is 4.74 Å². The third-order valence-electron chi connectivity index (χ3n) is 2.15. The third kappa shape index (κ3) is 5.02. The summed E-state index contributed by atoms with van der Waals surface area (Å²) < 4.78 is 7.30. The summed E-state index contributed by atoms with van der Waals surface area (Å²) in [7, 11) is 0. The van der Waals surface area contributed by atoms with Crippen molar-refractivity contribution in [1.82, 2.24) is 10.2 Å². The Bertz CT molecular complexity index is 493. The average molecular weight is 314 g/mol. The number of hydrogen-bond acceptors (Lipinski definition) is 7. The van der Waals surface area contributed by atoms with Crippen molar-refractivity contribution in [2.45, 2.75) is 14.8 Å². The van der Waals surface area contributed by atoms with Crippen molar-refractivity contribution in [2.24, 2.45) is 0 Å². The Morgan fingerprint density at radius 1 is 1.26 bits per heavy atom. The standard InChI is InChI=1S/C12H14N2O2S3/c1-17-11-13-14-12(19-11)18-8-9(15)7-16-10-5-3-2-4-6-10/h2-6,9,15H,7-8H2,1H3.